The Morgan fingerprint density at radius 1 is 1.33 bits per heavy atom. The zero-order valence-corrected chi connectivity index (χ0v) is 13.9. The molecule has 3 N–H and O–H groups in total. The summed E-state index contributed by atoms with van der Waals surface area (Å²) in [5, 5.41) is 1.49. The maximum atomic E-state index is 6.35. The summed E-state index contributed by atoms with van der Waals surface area (Å²) in [6.45, 7) is 6.76. The van der Waals surface area contributed by atoms with Crippen molar-refractivity contribution in [1.29, 1.82) is 0 Å². The molecule has 0 saturated heterocycles. The third-order valence-corrected chi connectivity index (χ3v) is 5.97. The van der Waals surface area contributed by atoms with Gasteiger partial charge in [-0.2, -0.15) is 0 Å². The van der Waals surface area contributed by atoms with E-state index in [9.17, 15) is 0 Å². The molecule has 1 saturated carbocycles. The number of aromatic nitrogens is 2. The Hall–Kier alpha value is -1.00. The first-order chi connectivity index (χ1) is 10.0. The molecule has 3 nitrogen and oxygen atoms in total. The maximum Gasteiger partial charge on any atom is 0.166 e. The quantitative estimate of drug-likeness (QED) is 0.897. The lowest BCUT2D eigenvalue weighted by molar-refractivity contribution is 0.266. The van der Waals surface area contributed by atoms with Crippen molar-refractivity contribution in [3.63, 3.8) is 0 Å². The number of benzene rings is 1. The molecule has 3 rings (SSSR count). The van der Waals surface area contributed by atoms with Crippen molar-refractivity contribution in [1.82, 2.24) is 9.97 Å². The topological polar surface area (TPSA) is 54.7 Å². The summed E-state index contributed by atoms with van der Waals surface area (Å²) in [5.41, 5.74) is 9.78. The molecular formula is C17H25N3S. The van der Waals surface area contributed by atoms with Gasteiger partial charge in [0.25, 0.3) is 0 Å². The van der Waals surface area contributed by atoms with Gasteiger partial charge in [-0.05, 0) is 55.7 Å². The van der Waals surface area contributed by atoms with E-state index >= 15 is 0 Å². The van der Waals surface area contributed by atoms with Gasteiger partial charge in [-0.3, -0.25) is 0 Å². The second-order valence-corrected chi connectivity index (χ2v) is 7.93. The predicted octanol–water partition coefficient (Wildman–Crippen LogP) is 4.12. The van der Waals surface area contributed by atoms with E-state index in [0.717, 1.165) is 34.4 Å². The number of aromatic amines is 1. The van der Waals surface area contributed by atoms with E-state index in [-0.39, 0.29) is 0 Å². The lowest BCUT2D eigenvalue weighted by Gasteiger charge is -2.35. The zero-order valence-electron chi connectivity index (χ0n) is 13.1. The Balaban J connectivity index is 1.76. The summed E-state index contributed by atoms with van der Waals surface area (Å²) >= 11 is 1.83. The second kappa shape index (κ2) is 6.01. The van der Waals surface area contributed by atoms with Crippen LogP contribution in [0.1, 0.15) is 38.7 Å². The summed E-state index contributed by atoms with van der Waals surface area (Å²) in [5.74, 6) is 1.55. The highest BCUT2D eigenvalue weighted by Gasteiger charge is 2.31. The summed E-state index contributed by atoms with van der Waals surface area (Å²) in [6.07, 6.45) is 3.62. The second-order valence-electron chi connectivity index (χ2n) is 6.70. The number of nitrogens with one attached hydrogen (secondary N) is 1. The van der Waals surface area contributed by atoms with Crippen LogP contribution >= 0.6 is 11.8 Å². The van der Waals surface area contributed by atoms with Gasteiger partial charge < -0.3 is 10.7 Å². The molecule has 0 radical (unpaired) electrons. The molecule has 3 atom stereocenters. The Morgan fingerprint density at radius 2 is 2.14 bits per heavy atom. The van der Waals surface area contributed by atoms with E-state index in [2.05, 4.69) is 44.0 Å². The van der Waals surface area contributed by atoms with Crippen LogP contribution in [0.4, 0.5) is 0 Å². The molecule has 0 bridgehead atoms. The fraction of sp³-hybridized carbons (Fsp3) is 0.588. The van der Waals surface area contributed by atoms with E-state index in [1.807, 2.05) is 11.8 Å². The maximum absolute atomic E-state index is 6.35. The molecular weight excluding hydrogens is 278 g/mol. The number of thioether (sulfide) groups is 1. The van der Waals surface area contributed by atoms with Crippen molar-refractivity contribution in [3.8, 4) is 0 Å². The lowest BCUT2D eigenvalue weighted by Crippen LogP contribution is -2.39. The minimum atomic E-state index is 0.292. The summed E-state index contributed by atoms with van der Waals surface area (Å²) in [4.78, 5) is 8.15. The third kappa shape index (κ3) is 3.27. The minimum absolute atomic E-state index is 0.292. The first-order valence-electron chi connectivity index (χ1n) is 7.91. The van der Waals surface area contributed by atoms with E-state index in [1.54, 1.807) is 0 Å². The number of rotatable bonds is 3. The molecule has 114 valence electrons. The fourth-order valence-electron chi connectivity index (χ4n) is 3.22. The highest BCUT2D eigenvalue weighted by Crippen LogP contribution is 2.38. The molecule has 0 spiro atoms. The zero-order chi connectivity index (χ0) is 15.0. The number of imidazole rings is 1. The first-order valence-corrected chi connectivity index (χ1v) is 8.79. The minimum Gasteiger partial charge on any atom is -0.333 e. The van der Waals surface area contributed by atoms with Crippen LogP contribution in [0.15, 0.2) is 23.4 Å². The highest BCUT2D eigenvalue weighted by molar-refractivity contribution is 7.99. The fourth-order valence-corrected chi connectivity index (χ4v) is 4.48. The number of aryl methyl sites for hydroxylation is 1. The van der Waals surface area contributed by atoms with Crippen molar-refractivity contribution in [2.24, 2.45) is 17.6 Å². The van der Waals surface area contributed by atoms with Crippen molar-refractivity contribution in [2.75, 3.05) is 0 Å². The molecule has 1 aliphatic rings. The summed E-state index contributed by atoms with van der Waals surface area (Å²) in [7, 11) is 0. The van der Waals surface area contributed by atoms with Gasteiger partial charge in [-0.25, -0.2) is 4.98 Å². The van der Waals surface area contributed by atoms with E-state index in [1.165, 1.54) is 18.4 Å². The molecule has 4 heteroatoms. The van der Waals surface area contributed by atoms with Crippen LogP contribution in [0.2, 0.25) is 0 Å². The summed E-state index contributed by atoms with van der Waals surface area (Å²) < 4.78 is 0. The normalized spacial score (nSPS) is 26.6. The number of nitrogens with two attached hydrogens (primary N) is 1. The first kappa shape index (κ1) is 14.9. The molecule has 21 heavy (non-hydrogen) atoms. The average Bonchev–Trinajstić information content (AvgIpc) is 2.82. The molecule has 1 aromatic carbocycles. The number of hydrogen-bond donors (Lipinski definition) is 2. The van der Waals surface area contributed by atoms with Crippen molar-refractivity contribution in [3.05, 3.63) is 23.8 Å². The molecule has 0 aliphatic heterocycles. The number of fused-ring (bicyclic) bond motifs is 1. The average molecular weight is 303 g/mol. The number of nitrogens with zero attached hydrogens (tertiary/aromatic N) is 1. The Bertz CT molecular complexity index is 620. The van der Waals surface area contributed by atoms with Crippen LogP contribution in [0.5, 0.6) is 0 Å². The van der Waals surface area contributed by atoms with Crippen molar-refractivity contribution < 1.29 is 0 Å². The van der Waals surface area contributed by atoms with Gasteiger partial charge in [-0.1, -0.05) is 31.7 Å². The van der Waals surface area contributed by atoms with Gasteiger partial charge in [0.15, 0.2) is 5.16 Å². The molecule has 1 fully saturated rings. The van der Waals surface area contributed by atoms with Gasteiger partial charge in [-0.15, -0.1) is 0 Å². The Kier molecular flexibility index (Phi) is 4.27. The molecule has 2 aromatic rings. The van der Waals surface area contributed by atoms with Gasteiger partial charge in [0.05, 0.1) is 11.0 Å². The van der Waals surface area contributed by atoms with Crippen LogP contribution in [-0.4, -0.2) is 21.3 Å². The van der Waals surface area contributed by atoms with Crippen LogP contribution in [0.25, 0.3) is 11.0 Å². The van der Waals surface area contributed by atoms with Gasteiger partial charge in [0.2, 0.25) is 0 Å². The lowest BCUT2D eigenvalue weighted by atomic mass is 9.79. The molecule has 1 heterocycles. The number of hydrogen-bond acceptors (Lipinski definition) is 3. The van der Waals surface area contributed by atoms with Crippen molar-refractivity contribution >= 4 is 22.8 Å². The van der Waals surface area contributed by atoms with Gasteiger partial charge in [0.1, 0.15) is 0 Å². The highest BCUT2D eigenvalue weighted by atomic mass is 32.2. The van der Waals surface area contributed by atoms with E-state index in [4.69, 9.17) is 10.7 Å². The van der Waals surface area contributed by atoms with Crippen molar-refractivity contribution in [2.45, 2.75) is 56.5 Å². The van der Waals surface area contributed by atoms with Crippen LogP contribution in [-0.2, 0) is 0 Å². The van der Waals surface area contributed by atoms with Gasteiger partial charge >= 0.3 is 0 Å². The van der Waals surface area contributed by atoms with Crippen LogP contribution in [0.3, 0.4) is 0 Å². The third-order valence-electron chi connectivity index (χ3n) is 4.70. The molecule has 1 aliphatic carbocycles. The molecule has 0 amide bonds. The number of H-pyrrole nitrogens is 1. The summed E-state index contributed by atoms with van der Waals surface area (Å²) in [6, 6.07) is 6.64. The monoisotopic (exact) mass is 303 g/mol. The molecule has 3 unspecified atom stereocenters. The Morgan fingerprint density at radius 3 is 2.90 bits per heavy atom. The van der Waals surface area contributed by atoms with Gasteiger partial charge in [0, 0.05) is 11.3 Å². The van der Waals surface area contributed by atoms with Crippen LogP contribution < -0.4 is 5.73 Å². The van der Waals surface area contributed by atoms with E-state index in [0.29, 0.717) is 11.3 Å². The predicted molar refractivity (Wildman–Crippen MR) is 90.6 cm³/mol. The SMILES string of the molecule is Cc1ccc2nc(SC3CC(C(C)C)CCC3N)[nH]c2c1. The largest absolute Gasteiger partial charge is 0.333 e. The standard InChI is InChI=1S/C17H25N3S/c1-10(2)12-5-6-13(18)16(9-12)21-17-19-14-7-4-11(3)8-15(14)20-17/h4,7-8,10,12-13,16H,5-6,9,18H2,1-3H3,(H,19,20). The van der Waals surface area contributed by atoms with E-state index < -0.39 is 0 Å². The molecule has 1 aromatic heterocycles. The smallest absolute Gasteiger partial charge is 0.166 e. The van der Waals surface area contributed by atoms with Crippen LogP contribution in [0, 0.1) is 18.8 Å². The Labute approximate surface area is 131 Å².